The van der Waals surface area contributed by atoms with E-state index in [0.717, 1.165) is 22.7 Å². The third kappa shape index (κ3) is 2.33. The minimum atomic E-state index is -0.771. The number of halogens is 1. The first kappa shape index (κ1) is 10.9. The van der Waals surface area contributed by atoms with Crippen LogP contribution >= 0.6 is 22.9 Å². The summed E-state index contributed by atoms with van der Waals surface area (Å²) >= 11 is 7.61. The number of carboxylic acid groups (broad SMARTS) is 1. The zero-order valence-corrected chi connectivity index (χ0v) is 9.64. The molecular weight excluding hydrogens is 234 g/mol. The van der Waals surface area contributed by atoms with Crippen LogP contribution in [0.2, 0.25) is 5.02 Å². The lowest BCUT2D eigenvalue weighted by molar-refractivity contribution is -0.140. The van der Waals surface area contributed by atoms with E-state index in [1.54, 1.807) is 11.3 Å². The molecule has 0 aromatic carbocycles. The molecule has 3 nitrogen and oxygen atoms in total. The van der Waals surface area contributed by atoms with Gasteiger partial charge in [-0.05, 0) is 30.7 Å². The van der Waals surface area contributed by atoms with Crippen LogP contribution < -0.4 is 5.32 Å². The molecule has 2 atom stereocenters. The van der Waals surface area contributed by atoms with Gasteiger partial charge >= 0.3 is 5.97 Å². The van der Waals surface area contributed by atoms with Crippen LogP contribution in [0.15, 0.2) is 11.4 Å². The number of rotatable bonds is 2. The average molecular weight is 246 g/mol. The van der Waals surface area contributed by atoms with Crippen molar-refractivity contribution in [1.82, 2.24) is 5.32 Å². The highest BCUT2D eigenvalue weighted by atomic mass is 35.5. The molecule has 0 bridgehead atoms. The second-order valence-electron chi connectivity index (χ2n) is 3.67. The van der Waals surface area contributed by atoms with E-state index in [2.05, 4.69) is 5.32 Å². The van der Waals surface area contributed by atoms with Gasteiger partial charge in [-0.15, -0.1) is 11.3 Å². The van der Waals surface area contributed by atoms with E-state index in [1.165, 1.54) is 0 Å². The predicted octanol–water partition coefficient (Wildman–Crippen LogP) is 2.67. The van der Waals surface area contributed by atoms with Gasteiger partial charge in [0, 0.05) is 10.9 Å². The first-order valence-corrected chi connectivity index (χ1v) is 6.16. The van der Waals surface area contributed by atoms with Crippen molar-refractivity contribution in [3.05, 3.63) is 21.3 Å². The van der Waals surface area contributed by atoms with E-state index in [0.29, 0.717) is 6.42 Å². The second-order valence-corrected chi connectivity index (χ2v) is 5.03. The largest absolute Gasteiger partial charge is 0.480 e. The molecular formula is C10H12ClNO2S. The fraction of sp³-hybridized carbons (Fsp3) is 0.500. The van der Waals surface area contributed by atoms with Gasteiger partial charge in [-0.3, -0.25) is 10.1 Å². The second kappa shape index (κ2) is 4.51. The first-order chi connectivity index (χ1) is 7.18. The molecule has 2 rings (SSSR count). The number of piperidine rings is 1. The molecule has 2 N–H and O–H groups in total. The Morgan fingerprint density at radius 3 is 3.00 bits per heavy atom. The molecule has 82 valence electrons. The monoisotopic (exact) mass is 245 g/mol. The van der Waals surface area contributed by atoms with Gasteiger partial charge < -0.3 is 5.11 Å². The van der Waals surface area contributed by atoms with Crippen molar-refractivity contribution in [1.29, 1.82) is 0 Å². The quantitative estimate of drug-likeness (QED) is 0.842. The van der Waals surface area contributed by atoms with Gasteiger partial charge in [-0.25, -0.2) is 0 Å². The Balaban J connectivity index is 2.11. The van der Waals surface area contributed by atoms with E-state index in [1.807, 2.05) is 11.4 Å². The molecule has 0 saturated carbocycles. The van der Waals surface area contributed by atoms with Crippen molar-refractivity contribution in [3.8, 4) is 0 Å². The molecule has 0 amide bonds. The number of carbonyl (C=O) groups is 1. The molecule has 1 aliphatic rings. The Morgan fingerprint density at radius 1 is 1.60 bits per heavy atom. The molecule has 2 heterocycles. The molecule has 1 aliphatic heterocycles. The van der Waals surface area contributed by atoms with Gasteiger partial charge in [-0.1, -0.05) is 11.6 Å². The Bertz CT molecular complexity index is 366. The maximum Gasteiger partial charge on any atom is 0.320 e. The lowest BCUT2D eigenvalue weighted by atomic mass is 9.98. The lowest BCUT2D eigenvalue weighted by Gasteiger charge is -2.28. The first-order valence-electron chi connectivity index (χ1n) is 4.90. The van der Waals surface area contributed by atoms with E-state index in [4.69, 9.17) is 16.7 Å². The van der Waals surface area contributed by atoms with Gasteiger partial charge in [-0.2, -0.15) is 0 Å². The average Bonchev–Trinajstić information content (AvgIpc) is 2.64. The summed E-state index contributed by atoms with van der Waals surface area (Å²) in [7, 11) is 0. The Labute approximate surface area is 97.1 Å². The fourth-order valence-electron chi connectivity index (χ4n) is 1.89. The van der Waals surface area contributed by atoms with Crippen LogP contribution in [0.1, 0.15) is 30.2 Å². The number of carboxylic acids is 1. The summed E-state index contributed by atoms with van der Waals surface area (Å²) in [5, 5.41) is 14.7. The molecule has 1 fully saturated rings. The van der Waals surface area contributed by atoms with Crippen molar-refractivity contribution in [3.63, 3.8) is 0 Å². The molecule has 5 heteroatoms. The summed E-state index contributed by atoms with van der Waals surface area (Å²) in [6.07, 6.45) is 2.60. The van der Waals surface area contributed by atoms with Crippen LogP contribution in [0, 0.1) is 0 Å². The van der Waals surface area contributed by atoms with Crippen LogP contribution in [0.5, 0.6) is 0 Å². The van der Waals surface area contributed by atoms with Crippen LogP contribution in [-0.2, 0) is 4.79 Å². The van der Waals surface area contributed by atoms with Crippen molar-refractivity contribution in [2.75, 3.05) is 0 Å². The number of hydrogen-bond donors (Lipinski definition) is 2. The van der Waals surface area contributed by atoms with Gasteiger partial charge in [0.1, 0.15) is 6.04 Å². The molecule has 0 aliphatic carbocycles. The molecule has 0 radical (unpaired) electrons. The summed E-state index contributed by atoms with van der Waals surface area (Å²) in [4.78, 5) is 11.9. The molecule has 15 heavy (non-hydrogen) atoms. The van der Waals surface area contributed by atoms with E-state index in [9.17, 15) is 4.79 Å². The highest BCUT2D eigenvalue weighted by molar-refractivity contribution is 7.10. The van der Waals surface area contributed by atoms with Crippen molar-refractivity contribution in [2.45, 2.75) is 31.3 Å². The number of hydrogen-bond acceptors (Lipinski definition) is 3. The Morgan fingerprint density at radius 2 is 2.40 bits per heavy atom. The van der Waals surface area contributed by atoms with Gasteiger partial charge in [0.2, 0.25) is 0 Å². The van der Waals surface area contributed by atoms with Gasteiger partial charge in [0.05, 0.1) is 5.02 Å². The number of nitrogens with one attached hydrogen (secondary N) is 1. The van der Waals surface area contributed by atoms with Crippen LogP contribution in [0.25, 0.3) is 0 Å². The normalized spacial score (nSPS) is 26.5. The highest BCUT2D eigenvalue weighted by Crippen LogP contribution is 2.34. The summed E-state index contributed by atoms with van der Waals surface area (Å²) in [5.74, 6) is -0.771. The Hall–Kier alpha value is -0.580. The minimum Gasteiger partial charge on any atom is -0.480 e. The van der Waals surface area contributed by atoms with E-state index >= 15 is 0 Å². The Kier molecular flexibility index (Phi) is 3.29. The lowest BCUT2D eigenvalue weighted by Crippen LogP contribution is -2.42. The summed E-state index contributed by atoms with van der Waals surface area (Å²) < 4.78 is 0. The third-order valence-electron chi connectivity index (χ3n) is 2.65. The molecule has 1 aromatic rings. The van der Waals surface area contributed by atoms with Crippen molar-refractivity contribution < 1.29 is 9.90 Å². The van der Waals surface area contributed by atoms with Crippen molar-refractivity contribution >= 4 is 28.9 Å². The number of aliphatic carboxylic acids is 1. The topological polar surface area (TPSA) is 49.3 Å². The van der Waals surface area contributed by atoms with Crippen LogP contribution in [-0.4, -0.2) is 17.1 Å². The maximum absolute atomic E-state index is 10.9. The SMILES string of the molecule is O=C(O)C1CCCC(c2sccc2Cl)N1. The highest BCUT2D eigenvalue weighted by Gasteiger charge is 2.28. The molecule has 1 saturated heterocycles. The van der Waals surface area contributed by atoms with Gasteiger partial charge in [0.15, 0.2) is 0 Å². The summed E-state index contributed by atoms with van der Waals surface area (Å²) in [6.45, 7) is 0. The van der Waals surface area contributed by atoms with E-state index in [-0.39, 0.29) is 6.04 Å². The third-order valence-corrected chi connectivity index (χ3v) is 4.12. The molecule has 0 spiro atoms. The fourth-order valence-corrected chi connectivity index (χ4v) is 3.18. The molecule has 1 aromatic heterocycles. The zero-order chi connectivity index (χ0) is 10.8. The maximum atomic E-state index is 10.9. The van der Waals surface area contributed by atoms with Crippen LogP contribution in [0.3, 0.4) is 0 Å². The summed E-state index contributed by atoms with van der Waals surface area (Å²) in [5.41, 5.74) is 0. The zero-order valence-electron chi connectivity index (χ0n) is 8.07. The van der Waals surface area contributed by atoms with Crippen molar-refractivity contribution in [2.24, 2.45) is 0 Å². The molecule has 2 unspecified atom stereocenters. The standard InChI is InChI=1S/C10H12ClNO2S/c11-6-4-5-15-9(6)7-2-1-3-8(12-7)10(13)14/h4-5,7-8,12H,1-3H2,(H,13,14). The minimum absolute atomic E-state index is 0.104. The summed E-state index contributed by atoms with van der Waals surface area (Å²) in [6, 6.07) is 1.53. The van der Waals surface area contributed by atoms with Crippen LogP contribution in [0.4, 0.5) is 0 Å². The smallest absolute Gasteiger partial charge is 0.320 e. The predicted molar refractivity (Wildman–Crippen MR) is 60.5 cm³/mol. The van der Waals surface area contributed by atoms with E-state index < -0.39 is 12.0 Å². The van der Waals surface area contributed by atoms with Gasteiger partial charge in [0.25, 0.3) is 0 Å². The number of thiophene rings is 1.